The summed E-state index contributed by atoms with van der Waals surface area (Å²) in [6.45, 7) is 0. The van der Waals surface area contributed by atoms with Gasteiger partial charge >= 0.3 is 5.97 Å². The number of allylic oxidation sites excluding steroid dienone is 1. The monoisotopic (exact) mass is 315 g/mol. The number of benzene rings is 2. The molecule has 6 heteroatoms. The van der Waals surface area contributed by atoms with E-state index in [1.54, 1.807) is 12.1 Å². The highest BCUT2D eigenvalue weighted by molar-refractivity contribution is 5.87. The maximum atomic E-state index is 14.0. The van der Waals surface area contributed by atoms with Gasteiger partial charge in [-0.1, -0.05) is 42.5 Å². The van der Waals surface area contributed by atoms with Crippen molar-refractivity contribution in [3.05, 3.63) is 77.4 Å². The summed E-state index contributed by atoms with van der Waals surface area (Å²) in [6.07, 6.45) is 0.244. The zero-order valence-electron chi connectivity index (χ0n) is 12.7. The highest BCUT2D eigenvalue weighted by atomic mass is 19.1. The molecule has 0 heterocycles. The van der Waals surface area contributed by atoms with Gasteiger partial charge in [-0.2, -0.15) is 0 Å². The molecule has 0 saturated heterocycles. The van der Waals surface area contributed by atoms with Crippen molar-refractivity contribution in [1.29, 1.82) is 0 Å². The summed E-state index contributed by atoms with van der Waals surface area (Å²) in [7, 11) is 1.49. The SMILES string of the molecule is CNC(C(=O)O)=C(Cc1ccccc1)N(N)c1ccccc1F. The maximum absolute atomic E-state index is 14.0. The Labute approximate surface area is 133 Å². The van der Waals surface area contributed by atoms with Crippen molar-refractivity contribution in [1.82, 2.24) is 5.32 Å². The van der Waals surface area contributed by atoms with Gasteiger partial charge in [-0.15, -0.1) is 0 Å². The average Bonchev–Trinajstić information content (AvgIpc) is 2.55. The van der Waals surface area contributed by atoms with Gasteiger partial charge in [-0.05, 0) is 17.7 Å². The van der Waals surface area contributed by atoms with Crippen molar-refractivity contribution in [2.75, 3.05) is 12.1 Å². The number of halogens is 1. The third-order valence-corrected chi connectivity index (χ3v) is 3.37. The lowest BCUT2D eigenvalue weighted by Crippen LogP contribution is -2.36. The van der Waals surface area contributed by atoms with Crippen LogP contribution in [0.2, 0.25) is 0 Å². The number of likely N-dealkylation sites (N-methyl/N-ethyl adjacent to an activating group) is 1. The third kappa shape index (κ3) is 3.87. The summed E-state index contributed by atoms with van der Waals surface area (Å²) in [4.78, 5) is 11.5. The largest absolute Gasteiger partial charge is 0.477 e. The molecule has 0 aliphatic heterocycles. The van der Waals surface area contributed by atoms with Gasteiger partial charge in [0.05, 0.1) is 11.4 Å². The van der Waals surface area contributed by atoms with E-state index in [1.807, 2.05) is 30.3 Å². The van der Waals surface area contributed by atoms with Gasteiger partial charge in [0.1, 0.15) is 11.5 Å². The van der Waals surface area contributed by atoms with E-state index in [2.05, 4.69) is 5.32 Å². The van der Waals surface area contributed by atoms with E-state index in [4.69, 9.17) is 5.84 Å². The first-order chi connectivity index (χ1) is 11.0. The summed E-state index contributed by atoms with van der Waals surface area (Å²) < 4.78 is 14.0. The van der Waals surface area contributed by atoms with Gasteiger partial charge < -0.3 is 10.4 Å². The van der Waals surface area contributed by atoms with Gasteiger partial charge in [0, 0.05) is 13.5 Å². The molecular weight excluding hydrogens is 297 g/mol. The Morgan fingerprint density at radius 2 is 1.78 bits per heavy atom. The Morgan fingerprint density at radius 3 is 2.35 bits per heavy atom. The van der Waals surface area contributed by atoms with Crippen LogP contribution in [0.25, 0.3) is 0 Å². The minimum Gasteiger partial charge on any atom is -0.477 e. The average molecular weight is 315 g/mol. The zero-order valence-corrected chi connectivity index (χ0v) is 12.7. The number of hydrogen-bond acceptors (Lipinski definition) is 4. The molecule has 0 saturated carbocycles. The second kappa shape index (κ2) is 7.42. The normalized spacial score (nSPS) is 11.6. The molecule has 4 N–H and O–H groups in total. The number of carboxylic acids is 1. The van der Waals surface area contributed by atoms with Crippen molar-refractivity contribution < 1.29 is 14.3 Å². The highest BCUT2D eigenvalue weighted by Gasteiger charge is 2.20. The lowest BCUT2D eigenvalue weighted by molar-refractivity contribution is -0.133. The van der Waals surface area contributed by atoms with Gasteiger partial charge in [-0.3, -0.25) is 5.01 Å². The first kappa shape index (κ1) is 16.5. The second-order valence-corrected chi connectivity index (χ2v) is 4.86. The molecular formula is C17H18FN3O2. The van der Waals surface area contributed by atoms with Gasteiger partial charge in [0.25, 0.3) is 0 Å². The fourth-order valence-corrected chi connectivity index (χ4v) is 2.25. The lowest BCUT2D eigenvalue weighted by Gasteiger charge is -2.24. The molecule has 0 unspecified atom stereocenters. The predicted molar refractivity (Wildman–Crippen MR) is 86.9 cm³/mol. The zero-order chi connectivity index (χ0) is 16.8. The number of para-hydroxylation sites is 1. The van der Waals surface area contributed by atoms with Crippen LogP contribution in [-0.4, -0.2) is 18.1 Å². The molecule has 23 heavy (non-hydrogen) atoms. The molecule has 5 nitrogen and oxygen atoms in total. The fraction of sp³-hybridized carbons (Fsp3) is 0.118. The van der Waals surface area contributed by atoms with Crippen LogP contribution in [0.5, 0.6) is 0 Å². The van der Waals surface area contributed by atoms with Gasteiger partial charge in [-0.25, -0.2) is 15.0 Å². The van der Waals surface area contributed by atoms with E-state index in [0.717, 1.165) is 10.6 Å². The topological polar surface area (TPSA) is 78.6 Å². The van der Waals surface area contributed by atoms with Gasteiger partial charge in [0.15, 0.2) is 0 Å². The fourth-order valence-electron chi connectivity index (χ4n) is 2.25. The second-order valence-electron chi connectivity index (χ2n) is 4.86. The molecule has 2 aromatic rings. The number of hydrogen-bond donors (Lipinski definition) is 3. The standard InChI is InChI=1S/C17H18FN3O2/c1-20-16(17(22)23)15(11-12-7-3-2-4-8-12)21(19)14-10-6-5-9-13(14)18/h2-10,20H,11,19H2,1H3,(H,22,23). The lowest BCUT2D eigenvalue weighted by atomic mass is 10.1. The quantitative estimate of drug-likeness (QED) is 0.433. The molecule has 0 atom stereocenters. The van der Waals surface area contributed by atoms with E-state index in [9.17, 15) is 14.3 Å². The number of carbonyl (C=O) groups is 1. The van der Waals surface area contributed by atoms with Crippen LogP contribution in [0.15, 0.2) is 66.0 Å². The van der Waals surface area contributed by atoms with Crippen molar-refractivity contribution in [3.8, 4) is 0 Å². The van der Waals surface area contributed by atoms with E-state index >= 15 is 0 Å². The molecule has 2 aromatic carbocycles. The number of rotatable bonds is 6. The summed E-state index contributed by atoms with van der Waals surface area (Å²) >= 11 is 0. The first-order valence-electron chi connectivity index (χ1n) is 7.02. The summed E-state index contributed by atoms with van der Waals surface area (Å²) in [5, 5.41) is 13.1. The van der Waals surface area contributed by atoms with Crippen LogP contribution < -0.4 is 16.2 Å². The molecule has 0 amide bonds. The Balaban J connectivity index is 2.49. The van der Waals surface area contributed by atoms with E-state index < -0.39 is 11.8 Å². The molecule has 120 valence electrons. The van der Waals surface area contributed by atoms with Crippen molar-refractivity contribution in [2.24, 2.45) is 5.84 Å². The number of nitrogens with zero attached hydrogens (tertiary/aromatic N) is 1. The molecule has 0 radical (unpaired) electrons. The van der Waals surface area contributed by atoms with Crippen LogP contribution in [0, 0.1) is 5.82 Å². The number of anilines is 1. The predicted octanol–water partition coefficient (Wildman–Crippen LogP) is 2.26. The van der Waals surface area contributed by atoms with Crippen LogP contribution in [-0.2, 0) is 11.2 Å². The van der Waals surface area contributed by atoms with Crippen molar-refractivity contribution in [3.63, 3.8) is 0 Å². The Hall–Kier alpha value is -2.86. The van der Waals surface area contributed by atoms with Crippen LogP contribution in [0.1, 0.15) is 5.56 Å². The molecule has 0 spiro atoms. The van der Waals surface area contributed by atoms with E-state index in [1.165, 1.54) is 19.2 Å². The first-order valence-corrected chi connectivity index (χ1v) is 7.02. The Bertz CT molecular complexity index is 717. The highest BCUT2D eigenvalue weighted by Crippen LogP contribution is 2.23. The number of nitrogens with one attached hydrogen (secondary N) is 1. The minimum absolute atomic E-state index is 0.0837. The van der Waals surface area contributed by atoms with Crippen molar-refractivity contribution in [2.45, 2.75) is 6.42 Å². The van der Waals surface area contributed by atoms with E-state index in [-0.39, 0.29) is 23.5 Å². The molecule has 2 rings (SSSR count). The smallest absolute Gasteiger partial charge is 0.353 e. The van der Waals surface area contributed by atoms with Crippen LogP contribution >= 0.6 is 0 Å². The molecule has 0 fully saturated rings. The van der Waals surface area contributed by atoms with Crippen molar-refractivity contribution >= 4 is 11.7 Å². The molecule has 0 bridgehead atoms. The molecule has 0 aliphatic carbocycles. The van der Waals surface area contributed by atoms with Gasteiger partial charge in [0.2, 0.25) is 0 Å². The summed E-state index contributed by atoms with van der Waals surface area (Å²) in [5.41, 5.74) is 1.15. The van der Waals surface area contributed by atoms with E-state index in [0.29, 0.717) is 0 Å². The number of nitrogens with two attached hydrogens (primary N) is 1. The number of hydrazine groups is 1. The van der Waals surface area contributed by atoms with Crippen LogP contribution in [0.3, 0.4) is 0 Å². The molecule has 0 aromatic heterocycles. The number of carboxylic acid groups (broad SMARTS) is 1. The third-order valence-electron chi connectivity index (χ3n) is 3.37. The number of aliphatic carboxylic acids is 1. The Morgan fingerprint density at radius 1 is 1.17 bits per heavy atom. The minimum atomic E-state index is -1.16. The summed E-state index contributed by atoms with van der Waals surface area (Å²) in [6, 6.07) is 15.2. The van der Waals surface area contributed by atoms with Crippen LogP contribution in [0.4, 0.5) is 10.1 Å². The Kier molecular flexibility index (Phi) is 5.32. The summed E-state index contributed by atoms with van der Waals surface area (Å²) in [5.74, 6) is 4.35. The maximum Gasteiger partial charge on any atom is 0.353 e. The molecule has 0 aliphatic rings.